The summed E-state index contributed by atoms with van der Waals surface area (Å²) in [4.78, 5) is 35.5. The highest BCUT2D eigenvalue weighted by molar-refractivity contribution is 5.93. The normalized spacial score (nSPS) is 27.2. The second-order valence-electron chi connectivity index (χ2n) is 6.27. The molecular formula is C16H27NO4. The van der Waals surface area contributed by atoms with Crippen LogP contribution in [0.3, 0.4) is 0 Å². The van der Waals surface area contributed by atoms with E-state index >= 15 is 0 Å². The zero-order valence-electron chi connectivity index (χ0n) is 13.2. The van der Waals surface area contributed by atoms with Crippen LogP contribution in [-0.4, -0.2) is 22.0 Å². The van der Waals surface area contributed by atoms with Gasteiger partial charge in [0.25, 0.3) is 5.54 Å². The molecule has 1 saturated carbocycles. The highest BCUT2D eigenvalue weighted by atomic mass is 16.6. The van der Waals surface area contributed by atoms with Gasteiger partial charge in [0.05, 0.1) is 5.92 Å². The van der Waals surface area contributed by atoms with E-state index in [1.807, 2.05) is 0 Å². The fraction of sp³-hybridized carbons (Fsp3) is 0.875. The van der Waals surface area contributed by atoms with Crippen molar-refractivity contribution >= 4 is 11.6 Å². The molecule has 0 aromatic rings. The first-order chi connectivity index (χ1) is 9.93. The fourth-order valence-electron chi connectivity index (χ4n) is 3.24. The van der Waals surface area contributed by atoms with Gasteiger partial charge >= 0.3 is 0 Å². The quantitative estimate of drug-likeness (QED) is 0.587. The number of nitro groups is 1. The Labute approximate surface area is 126 Å². The van der Waals surface area contributed by atoms with E-state index in [1.54, 1.807) is 0 Å². The lowest BCUT2D eigenvalue weighted by molar-refractivity contribution is -0.560. The molecule has 0 aromatic heterocycles. The molecule has 1 fully saturated rings. The molecule has 21 heavy (non-hydrogen) atoms. The Morgan fingerprint density at radius 2 is 1.57 bits per heavy atom. The van der Waals surface area contributed by atoms with Crippen molar-refractivity contribution in [2.45, 2.75) is 83.6 Å². The van der Waals surface area contributed by atoms with Gasteiger partial charge in [-0.15, -0.1) is 0 Å². The van der Waals surface area contributed by atoms with E-state index < -0.39 is 16.4 Å². The molecule has 5 heteroatoms. The Balaban J connectivity index is 3.02. The van der Waals surface area contributed by atoms with Crippen molar-refractivity contribution in [1.82, 2.24) is 0 Å². The van der Waals surface area contributed by atoms with Crippen molar-refractivity contribution in [2.75, 3.05) is 0 Å². The van der Waals surface area contributed by atoms with Gasteiger partial charge in [0.2, 0.25) is 5.78 Å². The summed E-state index contributed by atoms with van der Waals surface area (Å²) in [5.74, 6) is -1.47. The van der Waals surface area contributed by atoms with Gasteiger partial charge in [-0.3, -0.25) is 19.7 Å². The number of rotatable bonds is 3. The average molecular weight is 297 g/mol. The molecule has 0 heterocycles. The first-order valence-corrected chi connectivity index (χ1v) is 8.11. The summed E-state index contributed by atoms with van der Waals surface area (Å²) in [5, 5.41) is 11.7. The van der Waals surface area contributed by atoms with Crippen LogP contribution in [0.25, 0.3) is 0 Å². The van der Waals surface area contributed by atoms with E-state index in [-0.39, 0.29) is 24.4 Å². The molecule has 5 nitrogen and oxygen atoms in total. The summed E-state index contributed by atoms with van der Waals surface area (Å²) in [7, 11) is 0. The fourth-order valence-corrected chi connectivity index (χ4v) is 3.24. The third-order valence-electron chi connectivity index (χ3n) is 4.85. The molecule has 120 valence electrons. The second-order valence-corrected chi connectivity index (χ2v) is 6.27. The third kappa shape index (κ3) is 4.35. The van der Waals surface area contributed by atoms with Crippen LogP contribution in [0.1, 0.15) is 78.1 Å². The standard InChI is InChI=1S/C16H27NO4/c1-13(14(2)18)16(17(20)21)12-10-8-6-4-3-5-7-9-11-15(16)19/h13H,3-12H2,1-2H3. The molecule has 0 spiro atoms. The number of carbonyl (C=O) groups is 2. The summed E-state index contributed by atoms with van der Waals surface area (Å²) >= 11 is 0. The first kappa shape index (κ1) is 17.8. The Bertz CT molecular complexity index is 394. The number of carbonyl (C=O) groups excluding carboxylic acids is 2. The molecule has 0 radical (unpaired) electrons. The molecule has 0 amide bonds. The van der Waals surface area contributed by atoms with Gasteiger partial charge in [0.15, 0.2) is 0 Å². The maximum atomic E-state index is 12.5. The van der Waals surface area contributed by atoms with Gasteiger partial charge in [0, 0.05) is 17.8 Å². The van der Waals surface area contributed by atoms with Crippen molar-refractivity contribution in [2.24, 2.45) is 5.92 Å². The third-order valence-corrected chi connectivity index (χ3v) is 4.85. The van der Waals surface area contributed by atoms with Crippen molar-refractivity contribution in [3.8, 4) is 0 Å². The Hall–Kier alpha value is -1.26. The van der Waals surface area contributed by atoms with Crippen LogP contribution in [0.5, 0.6) is 0 Å². The first-order valence-electron chi connectivity index (χ1n) is 8.11. The lowest BCUT2D eigenvalue weighted by Crippen LogP contribution is -2.53. The van der Waals surface area contributed by atoms with Crippen LogP contribution >= 0.6 is 0 Å². The van der Waals surface area contributed by atoms with Gasteiger partial charge in [-0.1, -0.05) is 38.5 Å². The second kappa shape index (κ2) is 8.25. The van der Waals surface area contributed by atoms with Crippen LogP contribution < -0.4 is 0 Å². The van der Waals surface area contributed by atoms with Crippen LogP contribution in [0.4, 0.5) is 0 Å². The highest BCUT2D eigenvalue weighted by Crippen LogP contribution is 2.32. The summed E-state index contributed by atoms with van der Waals surface area (Å²) in [6, 6.07) is 0. The molecule has 1 aliphatic carbocycles. The van der Waals surface area contributed by atoms with Crippen molar-refractivity contribution in [1.29, 1.82) is 0 Å². The van der Waals surface area contributed by atoms with Gasteiger partial charge < -0.3 is 0 Å². The molecule has 2 atom stereocenters. The lowest BCUT2D eigenvalue weighted by atomic mass is 9.74. The van der Waals surface area contributed by atoms with Crippen LogP contribution in [0.15, 0.2) is 0 Å². The SMILES string of the molecule is CC(=O)C(C)C1([N+](=O)[O-])CCCCCCCCCCC1=O. The molecule has 0 saturated heterocycles. The smallest absolute Gasteiger partial charge is 0.288 e. The minimum atomic E-state index is -1.70. The van der Waals surface area contributed by atoms with E-state index in [1.165, 1.54) is 20.3 Å². The monoisotopic (exact) mass is 297 g/mol. The van der Waals surface area contributed by atoms with Crippen LogP contribution in [-0.2, 0) is 9.59 Å². The lowest BCUT2D eigenvalue weighted by Gasteiger charge is -2.28. The van der Waals surface area contributed by atoms with E-state index in [4.69, 9.17) is 0 Å². The summed E-state index contributed by atoms with van der Waals surface area (Å²) in [6.45, 7) is 2.88. The molecule has 0 aliphatic heterocycles. The van der Waals surface area contributed by atoms with Crippen molar-refractivity contribution in [3.63, 3.8) is 0 Å². The number of nitrogens with zero attached hydrogens (tertiary/aromatic N) is 1. The minimum Gasteiger partial charge on any atom is -0.299 e. The zero-order chi connectivity index (χ0) is 15.9. The zero-order valence-corrected chi connectivity index (χ0v) is 13.2. The summed E-state index contributed by atoms with van der Waals surface area (Å²) in [5.41, 5.74) is -1.70. The van der Waals surface area contributed by atoms with Crippen LogP contribution in [0, 0.1) is 16.0 Å². The van der Waals surface area contributed by atoms with Crippen molar-refractivity contribution < 1.29 is 14.5 Å². The van der Waals surface area contributed by atoms with E-state index in [9.17, 15) is 19.7 Å². The molecule has 1 aliphatic rings. The number of hydrogen-bond acceptors (Lipinski definition) is 4. The van der Waals surface area contributed by atoms with E-state index in [0.717, 1.165) is 32.1 Å². The average Bonchev–Trinajstić information content (AvgIpc) is 2.42. The molecule has 0 aromatic carbocycles. The predicted molar refractivity (Wildman–Crippen MR) is 80.7 cm³/mol. The maximum absolute atomic E-state index is 12.5. The molecule has 1 rings (SSSR count). The predicted octanol–water partition coefficient (Wildman–Crippen LogP) is 3.71. The number of ketones is 2. The van der Waals surface area contributed by atoms with Crippen molar-refractivity contribution in [3.05, 3.63) is 10.1 Å². The highest BCUT2D eigenvalue weighted by Gasteiger charge is 2.55. The Morgan fingerprint density at radius 1 is 1.10 bits per heavy atom. The molecule has 2 unspecified atom stereocenters. The minimum absolute atomic E-state index is 0.194. The number of hydrogen-bond donors (Lipinski definition) is 0. The number of Topliss-reactive ketones (excluding diaryl/α,β-unsaturated/α-hetero) is 2. The maximum Gasteiger partial charge on any atom is 0.288 e. The summed E-state index contributed by atoms with van der Waals surface area (Å²) in [6.07, 6.45) is 8.06. The van der Waals surface area contributed by atoms with E-state index in [0.29, 0.717) is 12.8 Å². The van der Waals surface area contributed by atoms with Gasteiger partial charge in [-0.05, 0) is 26.7 Å². The molecule has 0 bridgehead atoms. The Kier molecular flexibility index (Phi) is 6.99. The van der Waals surface area contributed by atoms with Gasteiger partial charge in [-0.25, -0.2) is 0 Å². The van der Waals surface area contributed by atoms with Gasteiger partial charge in [0.1, 0.15) is 5.78 Å². The molecule has 0 N–H and O–H groups in total. The molecular weight excluding hydrogens is 270 g/mol. The largest absolute Gasteiger partial charge is 0.299 e. The van der Waals surface area contributed by atoms with Crippen LogP contribution in [0.2, 0.25) is 0 Å². The topological polar surface area (TPSA) is 77.3 Å². The van der Waals surface area contributed by atoms with Gasteiger partial charge in [-0.2, -0.15) is 0 Å². The Morgan fingerprint density at radius 3 is 2.05 bits per heavy atom. The van der Waals surface area contributed by atoms with E-state index in [2.05, 4.69) is 0 Å². The summed E-state index contributed by atoms with van der Waals surface area (Å²) < 4.78 is 0.